The van der Waals surface area contributed by atoms with Gasteiger partial charge in [0.05, 0.1) is 5.03 Å². The Balaban J connectivity index is 1.36. The van der Waals surface area contributed by atoms with Gasteiger partial charge >= 0.3 is 0 Å². The van der Waals surface area contributed by atoms with Crippen LogP contribution in [0.4, 0.5) is 0 Å². The fourth-order valence-electron chi connectivity index (χ4n) is 4.93. The maximum absolute atomic E-state index is 6.71. The van der Waals surface area contributed by atoms with Gasteiger partial charge in [-0.3, -0.25) is 4.99 Å². The van der Waals surface area contributed by atoms with E-state index in [9.17, 15) is 0 Å². The summed E-state index contributed by atoms with van der Waals surface area (Å²) in [6.07, 6.45) is 13.4. The van der Waals surface area contributed by atoms with Crippen LogP contribution in [-0.2, 0) is 6.42 Å². The molecule has 2 saturated carbocycles. The lowest BCUT2D eigenvalue weighted by Crippen LogP contribution is -2.35. The summed E-state index contributed by atoms with van der Waals surface area (Å²) in [6.45, 7) is 6.03. The van der Waals surface area contributed by atoms with Crippen molar-refractivity contribution in [1.29, 1.82) is 0 Å². The van der Waals surface area contributed by atoms with Gasteiger partial charge in [0, 0.05) is 11.8 Å². The third kappa shape index (κ3) is 4.09. The first-order valence-corrected chi connectivity index (χ1v) is 11.4. The topological polar surface area (TPSA) is 38.4 Å². The Morgan fingerprint density at radius 3 is 2.63 bits per heavy atom. The van der Waals surface area contributed by atoms with E-state index >= 15 is 0 Å². The number of hydrogen-bond donors (Lipinski definition) is 1. The third-order valence-electron chi connectivity index (χ3n) is 7.03. The molecule has 0 heterocycles. The molecule has 27 heavy (non-hydrogen) atoms. The molecule has 3 heteroatoms. The normalized spacial score (nSPS) is 31.2. The molecule has 3 aliphatic carbocycles. The minimum absolute atomic E-state index is 0.217. The van der Waals surface area contributed by atoms with Gasteiger partial charge in [-0.25, -0.2) is 0 Å². The molecular weight excluding hydrogens is 348 g/mol. The number of rotatable bonds is 6. The molecule has 3 aliphatic rings. The summed E-state index contributed by atoms with van der Waals surface area (Å²) in [4.78, 5) is 4.21. The summed E-state index contributed by atoms with van der Waals surface area (Å²) in [7, 11) is 0. The fraction of sp³-hybridized carbons (Fsp3) is 0.542. The Bertz CT molecular complexity index is 751. The Kier molecular flexibility index (Phi) is 5.61. The van der Waals surface area contributed by atoms with Crippen LogP contribution in [0.25, 0.3) is 0 Å². The average molecular weight is 381 g/mol. The predicted molar refractivity (Wildman–Crippen MR) is 118 cm³/mol. The van der Waals surface area contributed by atoms with E-state index < -0.39 is 0 Å². The van der Waals surface area contributed by atoms with Gasteiger partial charge in [-0.05, 0) is 93.0 Å². The number of allylic oxidation sites excluding steroid dienone is 3. The second-order valence-electron chi connectivity index (χ2n) is 8.82. The highest BCUT2D eigenvalue weighted by molar-refractivity contribution is 8.03. The first kappa shape index (κ1) is 19.0. The molecule has 0 bridgehead atoms. The van der Waals surface area contributed by atoms with Crippen molar-refractivity contribution in [2.24, 2.45) is 28.0 Å². The number of hydrogen-bond acceptors (Lipinski definition) is 3. The lowest BCUT2D eigenvalue weighted by molar-refractivity contribution is 0.139. The zero-order valence-corrected chi connectivity index (χ0v) is 17.3. The Morgan fingerprint density at radius 2 is 1.96 bits per heavy atom. The van der Waals surface area contributed by atoms with Crippen LogP contribution in [-0.4, -0.2) is 12.5 Å². The molecule has 2 N–H and O–H groups in total. The van der Waals surface area contributed by atoms with Crippen LogP contribution in [0.1, 0.15) is 62.6 Å². The van der Waals surface area contributed by atoms with Crippen molar-refractivity contribution in [2.75, 3.05) is 5.75 Å². The van der Waals surface area contributed by atoms with Gasteiger partial charge in [0.25, 0.3) is 0 Å². The van der Waals surface area contributed by atoms with Gasteiger partial charge in [-0.15, -0.1) is 11.8 Å². The van der Waals surface area contributed by atoms with Crippen molar-refractivity contribution in [1.82, 2.24) is 0 Å². The number of thioether (sulfide) groups is 1. The van der Waals surface area contributed by atoms with Gasteiger partial charge in [-0.1, -0.05) is 35.9 Å². The van der Waals surface area contributed by atoms with E-state index in [4.69, 9.17) is 5.73 Å². The smallest absolute Gasteiger partial charge is 0.0952 e. The molecule has 0 aliphatic heterocycles. The molecule has 4 rings (SSSR count). The number of fused-ring (bicyclic) bond motifs is 1. The van der Waals surface area contributed by atoms with Crippen molar-refractivity contribution in [2.45, 2.75) is 57.9 Å². The zero-order chi connectivity index (χ0) is 18.9. The largest absolute Gasteiger partial charge is 0.323 e. The zero-order valence-electron chi connectivity index (χ0n) is 16.5. The first-order chi connectivity index (χ1) is 13.1. The molecule has 0 unspecified atom stereocenters. The Labute approximate surface area is 168 Å². The van der Waals surface area contributed by atoms with Crippen LogP contribution >= 0.6 is 11.8 Å². The summed E-state index contributed by atoms with van der Waals surface area (Å²) in [6, 6.07) is 9.01. The summed E-state index contributed by atoms with van der Waals surface area (Å²) >= 11 is 1.86. The number of benzene rings is 1. The van der Waals surface area contributed by atoms with Crippen molar-refractivity contribution >= 4 is 18.5 Å². The van der Waals surface area contributed by atoms with Crippen LogP contribution < -0.4 is 5.73 Å². The van der Waals surface area contributed by atoms with Crippen molar-refractivity contribution in [3.63, 3.8) is 0 Å². The summed E-state index contributed by atoms with van der Waals surface area (Å²) in [5, 5.41) is 1.07. The van der Waals surface area contributed by atoms with Crippen LogP contribution in [0.2, 0.25) is 0 Å². The lowest BCUT2D eigenvalue weighted by atomic mass is 9.65. The van der Waals surface area contributed by atoms with Crippen LogP contribution in [0, 0.1) is 17.3 Å². The Hall–Kier alpha value is -1.32. The van der Waals surface area contributed by atoms with Gasteiger partial charge < -0.3 is 5.73 Å². The standard InChI is InChI=1S/C24H32N2S/c1-17(7-10-22(26-2)27-16-18-8-9-18)19-11-13-24(14-12-19)15-20-5-3-4-6-21(20)23(24)25/h3-7,10,18-19,23H,2,8-9,11-16,25H2,1H3/b17-7+,22-10+/t19?,23-,24?/m0/s1. The van der Waals surface area contributed by atoms with Gasteiger partial charge in [0.2, 0.25) is 0 Å². The molecular formula is C24H32N2S. The highest BCUT2D eigenvalue weighted by Gasteiger charge is 2.45. The van der Waals surface area contributed by atoms with Crippen molar-refractivity contribution < 1.29 is 0 Å². The number of aliphatic imine (C=N–C) groups is 1. The molecule has 2 fully saturated rings. The van der Waals surface area contributed by atoms with Gasteiger partial charge in [0.15, 0.2) is 0 Å². The average Bonchev–Trinajstić information content (AvgIpc) is 3.48. The van der Waals surface area contributed by atoms with E-state index in [0.29, 0.717) is 11.3 Å². The molecule has 1 aromatic rings. The molecule has 1 spiro atoms. The second-order valence-corrected chi connectivity index (χ2v) is 9.86. The maximum Gasteiger partial charge on any atom is 0.0952 e. The van der Waals surface area contributed by atoms with Crippen molar-refractivity contribution in [3.05, 3.63) is 58.1 Å². The SMILES string of the molecule is C=N/C(=C\C=C(/C)C1CCC2(CC1)Cc1ccccc1[C@@H]2N)SCC1CC1. The predicted octanol–water partition coefficient (Wildman–Crippen LogP) is 6.05. The molecule has 1 aromatic carbocycles. The molecule has 0 saturated heterocycles. The molecule has 144 valence electrons. The fourth-order valence-corrected chi connectivity index (χ4v) is 5.92. The first-order valence-electron chi connectivity index (χ1n) is 10.4. The summed E-state index contributed by atoms with van der Waals surface area (Å²) < 4.78 is 0. The third-order valence-corrected chi connectivity index (χ3v) is 8.23. The van der Waals surface area contributed by atoms with E-state index in [1.807, 2.05) is 11.8 Å². The quantitative estimate of drug-likeness (QED) is 0.482. The molecule has 0 radical (unpaired) electrons. The molecule has 0 amide bonds. The van der Waals surface area contributed by atoms with Crippen molar-refractivity contribution in [3.8, 4) is 0 Å². The van der Waals surface area contributed by atoms with Gasteiger partial charge in [0.1, 0.15) is 0 Å². The highest BCUT2D eigenvalue weighted by Crippen LogP contribution is 2.54. The summed E-state index contributed by atoms with van der Waals surface area (Å²) in [5.41, 5.74) is 11.4. The van der Waals surface area contributed by atoms with Crippen LogP contribution in [0.5, 0.6) is 0 Å². The minimum Gasteiger partial charge on any atom is -0.323 e. The monoisotopic (exact) mass is 380 g/mol. The van der Waals surface area contributed by atoms with E-state index in [1.54, 1.807) is 0 Å². The molecule has 1 atom stereocenters. The van der Waals surface area contributed by atoms with Gasteiger partial charge in [-0.2, -0.15) is 0 Å². The molecule has 0 aromatic heterocycles. The second kappa shape index (κ2) is 7.97. The summed E-state index contributed by atoms with van der Waals surface area (Å²) in [5.74, 6) is 2.80. The Morgan fingerprint density at radius 1 is 1.22 bits per heavy atom. The number of nitrogens with zero attached hydrogens (tertiary/aromatic N) is 1. The highest BCUT2D eigenvalue weighted by atomic mass is 32.2. The molecule has 2 nitrogen and oxygen atoms in total. The van der Waals surface area contributed by atoms with Crippen LogP contribution in [0.15, 0.2) is 52.0 Å². The van der Waals surface area contributed by atoms with E-state index in [1.165, 1.54) is 67.4 Å². The van der Waals surface area contributed by atoms with E-state index in [2.05, 4.69) is 55.1 Å². The number of nitrogens with two attached hydrogens (primary N) is 1. The van der Waals surface area contributed by atoms with E-state index in [0.717, 1.165) is 10.9 Å². The minimum atomic E-state index is 0.217. The lowest BCUT2D eigenvalue weighted by Gasteiger charge is -2.41. The van der Waals surface area contributed by atoms with Crippen LogP contribution in [0.3, 0.4) is 0 Å². The maximum atomic E-state index is 6.71. The van der Waals surface area contributed by atoms with E-state index in [-0.39, 0.29) is 6.04 Å².